The first-order valence-electron chi connectivity index (χ1n) is 8.35. The van der Waals surface area contributed by atoms with Gasteiger partial charge in [-0.25, -0.2) is 4.79 Å². The van der Waals surface area contributed by atoms with Crippen molar-refractivity contribution in [2.75, 3.05) is 59.0 Å². The molecule has 2 saturated heterocycles. The Morgan fingerprint density at radius 1 is 1.05 bits per heavy atom. The summed E-state index contributed by atoms with van der Waals surface area (Å²) in [6, 6.07) is -0.116. The smallest absolute Gasteiger partial charge is 0.314 e. The van der Waals surface area contributed by atoms with Gasteiger partial charge in [0.1, 0.15) is 0 Å². The average Bonchev–Trinajstić information content (AvgIpc) is 2.94. The molecule has 2 aliphatic heterocycles. The SMILES string of the molecule is O=C(NCCCN1CCOCC1)NCCCN1CCCC1=O. The number of amides is 3. The van der Waals surface area contributed by atoms with Crippen molar-refractivity contribution in [3.05, 3.63) is 0 Å². The Morgan fingerprint density at radius 3 is 2.36 bits per heavy atom. The maximum atomic E-state index is 11.6. The molecule has 0 aliphatic carbocycles. The van der Waals surface area contributed by atoms with Crippen LogP contribution < -0.4 is 10.6 Å². The molecule has 2 aliphatic rings. The molecule has 3 amide bonds. The monoisotopic (exact) mass is 312 g/mol. The summed E-state index contributed by atoms with van der Waals surface area (Å²) in [5.41, 5.74) is 0. The molecule has 0 aromatic heterocycles. The molecule has 2 fully saturated rings. The van der Waals surface area contributed by atoms with Crippen LogP contribution in [0.1, 0.15) is 25.7 Å². The quantitative estimate of drug-likeness (QED) is 0.620. The van der Waals surface area contributed by atoms with Crippen molar-refractivity contribution in [3.8, 4) is 0 Å². The number of nitrogens with zero attached hydrogens (tertiary/aromatic N) is 2. The highest BCUT2D eigenvalue weighted by molar-refractivity contribution is 5.78. The first-order valence-corrected chi connectivity index (χ1v) is 8.35. The van der Waals surface area contributed by atoms with Crippen LogP contribution in [0.4, 0.5) is 4.79 Å². The van der Waals surface area contributed by atoms with Crippen molar-refractivity contribution in [2.24, 2.45) is 0 Å². The van der Waals surface area contributed by atoms with E-state index in [1.54, 1.807) is 0 Å². The van der Waals surface area contributed by atoms with E-state index < -0.39 is 0 Å². The predicted molar refractivity (Wildman–Crippen MR) is 83.7 cm³/mol. The van der Waals surface area contributed by atoms with Crippen molar-refractivity contribution >= 4 is 11.9 Å². The lowest BCUT2D eigenvalue weighted by atomic mass is 10.3. The summed E-state index contributed by atoms with van der Waals surface area (Å²) in [6.07, 6.45) is 3.41. The number of hydrogen-bond donors (Lipinski definition) is 2. The van der Waals surface area contributed by atoms with Gasteiger partial charge in [-0.2, -0.15) is 0 Å². The Labute approximate surface area is 132 Å². The Morgan fingerprint density at radius 2 is 1.73 bits per heavy atom. The first kappa shape index (κ1) is 17.0. The predicted octanol–water partition coefficient (Wildman–Crippen LogP) is 0.0204. The molecule has 2 heterocycles. The van der Waals surface area contributed by atoms with Crippen molar-refractivity contribution in [1.29, 1.82) is 0 Å². The topological polar surface area (TPSA) is 73.9 Å². The number of hydrogen-bond acceptors (Lipinski definition) is 4. The minimum atomic E-state index is -0.116. The standard InChI is InChI=1S/C15H28N4O3/c20-14-4-1-8-19(14)9-3-6-17-15(21)16-5-2-7-18-10-12-22-13-11-18/h1-13H2,(H2,16,17,21). The highest BCUT2D eigenvalue weighted by Gasteiger charge is 2.18. The molecule has 0 saturated carbocycles. The zero-order valence-electron chi connectivity index (χ0n) is 13.3. The first-order chi connectivity index (χ1) is 10.8. The van der Waals surface area contributed by atoms with E-state index in [2.05, 4.69) is 15.5 Å². The Hall–Kier alpha value is -1.34. The second-order valence-corrected chi connectivity index (χ2v) is 5.83. The molecule has 0 atom stereocenters. The van der Waals surface area contributed by atoms with Gasteiger partial charge in [-0.05, 0) is 25.8 Å². The van der Waals surface area contributed by atoms with E-state index in [9.17, 15) is 9.59 Å². The van der Waals surface area contributed by atoms with Gasteiger partial charge in [0, 0.05) is 45.7 Å². The summed E-state index contributed by atoms with van der Waals surface area (Å²) < 4.78 is 5.30. The second kappa shape index (κ2) is 9.63. The van der Waals surface area contributed by atoms with Crippen LogP contribution in [0.25, 0.3) is 0 Å². The molecule has 2 rings (SSSR count). The van der Waals surface area contributed by atoms with Crippen LogP contribution in [0.2, 0.25) is 0 Å². The molecule has 2 N–H and O–H groups in total. The Balaban J connectivity index is 1.41. The maximum Gasteiger partial charge on any atom is 0.314 e. The van der Waals surface area contributed by atoms with Crippen molar-refractivity contribution < 1.29 is 14.3 Å². The van der Waals surface area contributed by atoms with Gasteiger partial charge in [0.2, 0.25) is 5.91 Å². The molecule has 126 valence electrons. The molecule has 0 spiro atoms. The van der Waals surface area contributed by atoms with Crippen molar-refractivity contribution in [3.63, 3.8) is 0 Å². The summed E-state index contributed by atoms with van der Waals surface area (Å²) in [7, 11) is 0. The minimum Gasteiger partial charge on any atom is -0.379 e. The van der Waals surface area contributed by atoms with Crippen LogP contribution in [0, 0.1) is 0 Å². The number of ether oxygens (including phenoxy) is 1. The third-order valence-corrected chi connectivity index (χ3v) is 4.10. The second-order valence-electron chi connectivity index (χ2n) is 5.83. The van der Waals surface area contributed by atoms with Crippen LogP contribution in [-0.4, -0.2) is 80.8 Å². The third kappa shape index (κ3) is 6.19. The van der Waals surface area contributed by atoms with Crippen LogP contribution in [-0.2, 0) is 9.53 Å². The van der Waals surface area contributed by atoms with E-state index in [0.717, 1.165) is 65.2 Å². The fraction of sp³-hybridized carbons (Fsp3) is 0.867. The zero-order valence-corrected chi connectivity index (χ0v) is 13.3. The molecule has 7 heteroatoms. The lowest BCUT2D eigenvalue weighted by Crippen LogP contribution is -2.40. The Bertz CT molecular complexity index is 359. The third-order valence-electron chi connectivity index (χ3n) is 4.10. The maximum absolute atomic E-state index is 11.6. The Kier molecular flexibility index (Phi) is 7.45. The number of nitrogens with one attached hydrogen (secondary N) is 2. The molecule has 0 unspecified atom stereocenters. The number of likely N-dealkylation sites (tertiary alicyclic amines) is 1. The number of morpholine rings is 1. The van der Waals surface area contributed by atoms with Gasteiger partial charge in [-0.15, -0.1) is 0 Å². The van der Waals surface area contributed by atoms with Gasteiger partial charge >= 0.3 is 6.03 Å². The van der Waals surface area contributed by atoms with Gasteiger partial charge in [0.05, 0.1) is 13.2 Å². The summed E-state index contributed by atoms with van der Waals surface area (Å²) in [5, 5.41) is 5.71. The van der Waals surface area contributed by atoms with Crippen LogP contribution in [0.15, 0.2) is 0 Å². The minimum absolute atomic E-state index is 0.116. The van der Waals surface area contributed by atoms with Crippen molar-refractivity contribution in [2.45, 2.75) is 25.7 Å². The van der Waals surface area contributed by atoms with E-state index in [1.165, 1.54) is 0 Å². The lowest BCUT2D eigenvalue weighted by molar-refractivity contribution is -0.127. The molecular weight excluding hydrogens is 284 g/mol. The molecule has 0 aromatic carbocycles. The van der Waals surface area contributed by atoms with E-state index in [0.29, 0.717) is 19.5 Å². The molecule has 7 nitrogen and oxygen atoms in total. The molecule has 0 bridgehead atoms. The molecule has 0 radical (unpaired) electrons. The fourth-order valence-electron chi connectivity index (χ4n) is 2.80. The number of carbonyl (C=O) groups excluding carboxylic acids is 2. The van der Waals surface area contributed by atoms with Gasteiger partial charge in [-0.1, -0.05) is 0 Å². The van der Waals surface area contributed by atoms with Crippen LogP contribution in [0.3, 0.4) is 0 Å². The number of carbonyl (C=O) groups is 2. The highest BCUT2D eigenvalue weighted by Crippen LogP contribution is 2.09. The summed E-state index contributed by atoms with van der Waals surface area (Å²) in [4.78, 5) is 27.3. The van der Waals surface area contributed by atoms with Gasteiger partial charge in [0.15, 0.2) is 0 Å². The van der Waals surface area contributed by atoms with Crippen molar-refractivity contribution in [1.82, 2.24) is 20.4 Å². The highest BCUT2D eigenvalue weighted by atomic mass is 16.5. The van der Waals surface area contributed by atoms with E-state index >= 15 is 0 Å². The van der Waals surface area contributed by atoms with Crippen LogP contribution >= 0.6 is 0 Å². The molecule has 0 aromatic rings. The summed E-state index contributed by atoms with van der Waals surface area (Å²) >= 11 is 0. The fourth-order valence-corrected chi connectivity index (χ4v) is 2.80. The van der Waals surface area contributed by atoms with E-state index in [4.69, 9.17) is 4.74 Å². The number of rotatable bonds is 8. The van der Waals surface area contributed by atoms with Gasteiger partial charge in [0.25, 0.3) is 0 Å². The lowest BCUT2D eigenvalue weighted by Gasteiger charge is -2.26. The van der Waals surface area contributed by atoms with Gasteiger partial charge in [-0.3, -0.25) is 9.69 Å². The molecular formula is C15H28N4O3. The van der Waals surface area contributed by atoms with Crippen LogP contribution in [0.5, 0.6) is 0 Å². The zero-order chi connectivity index (χ0) is 15.6. The molecule has 22 heavy (non-hydrogen) atoms. The van der Waals surface area contributed by atoms with Gasteiger partial charge < -0.3 is 20.3 Å². The van der Waals surface area contributed by atoms with E-state index in [1.807, 2.05) is 4.90 Å². The number of urea groups is 1. The van der Waals surface area contributed by atoms with E-state index in [-0.39, 0.29) is 11.9 Å². The summed E-state index contributed by atoms with van der Waals surface area (Å²) in [5.74, 6) is 0.243. The normalized spacial score (nSPS) is 19.5. The average molecular weight is 312 g/mol. The summed E-state index contributed by atoms with van der Waals surface area (Å²) in [6.45, 7) is 7.51. The largest absolute Gasteiger partial charge is 0.379 e.